The summed E-state index contributed by atoms with van der Waals surface area (Å²) in [5.41, 5.74) is 1.37. The fourth-order valence-electron chi connectivity index (χ4n) is 2.64. The smallest absolute Gasteiger partial charge is 0.155 e. The lowest BCUT2D eigenvalue weighted by Crippen LogP contribution is -2.28. The molecule has 1 nitrogen and oxygen atoms in total. The molecule has 0 aliphatic heterocycles. The summed E-state index contributed by atoms with van der Waals surface area (Å²) >= 11 is 0. The quantitative estimate of drug-likeness (QED) is 0.588. The van der Waals surface area contributed by atoms with Gasteiger partial charge in [-0.15, -0.1) is 0 Å². The van der Waals surface area contributed by atoms with Crippen LogP contribution in [-0.2, 0) is 4.79 Å². The molecule has 2 aliphatic rings. The zero-order chi connectivity index (χ0) is 10.5. The Balaban J connectivity index is 2.47. The van der Waals surface area contributed by atoms with Crippen LogP contribution in [0.1, 0.15) is 27.0 Å². The molecule has 0 radical (unpaired) electrons. The molecule has 0 heterocycles. The zero-order valence-corrected chi connectivity index (χ0v) is 9.68. The van der Waals surface area contributed by atoms with Crippen LogP contribution in [0.2, 0.25) is 19.6 Å². The first-order chi connectivity index (χ1) is 6.43. The lowest BCUT2D eigenvalue weighted by Gasteiger charge is -2.18. The number of fused-ring (bicyclic) bond motifs is 1. The minimum Gasteiger partial charge on any atom is -0.295 e. The van der Waals surface area contributed by atoms with Crippen LogP contribution in [0.25, 0.3) is 0 Å². The van der Waals surface area contributed by atoms with Crippen LogP contribution in [0, 0.1) is 5.92 Å². The highest BCUT2D eigenvalue weighted by Crippen LogP contribution is 2.44. The minimum absolute atomic E-state index is 0.156. The number of hydrogen-bond donors (Lipinski definition) is 0. The third-order valence-corrected chi connectivity index (χ3v) is 5.15. The number of rotatable bonds is 1. The first-order valence-corrected chi connectivity index (χ1v) is 8.63. The maximum Gasteiger partial charge on any atom is 0.155 e. The van der Waals surface area contributed by atoms with E-state index in [1.165, 1.54) is 12.0 Å². The number of hydrogen-bond acceptors (Lipinski definition) is 1. The molecule has 1 saturated carbocycles. The predicted octanol–water partition coefficient (Wildman–Crippen LogP) is 2.93. The Labute approximate surface area is 82.6 Å². The molecule has 2 heteroatoms. The molecule has 0 amide bonds. The number of ketones is 1. The van der Waals surface area contributed by atoms with Crippen LogP contribution in [-0.4, -0.2) is 13.9 Å². The van der Waals surface area contributed by atoms with Gasteiger partial charge in [0.1, 0.15) is 0 Å². The van der Waals surface area contributed by atoms with Crippen molar-refractivity contribution in [3.05, 3.63) is 10.8 Å². The van der Waals surface area contributed by atoms with E-state index in [9.17, 15) is 4.79 Å². The Bertz CT molecular complexity index is 314. The highest BCUT2D eigenvalue weighted by atomic mass is 28.3. The van der Waals surface area contributed by atoms with Crippen molar-refractivity contribution in [1.29, 1.82) is 0 Å². The Hall–Kier alpha value is -0.373. The second-order valence-electron chi connectivity index (χ2n) is 5.18. The number of carbonyl (C=O) groups is 1. The van der Waals surface area contributed by atoms with Gasteiger partial charge in [-0.05, 0) is 30.4 Å². The van der Waals surface area contributed by atoms with Gasteiger partial charge in [0, 0.05) is 7.77 Å². The van der Waals surface area contributed by atoms with Crippen LogP contribution in [0.4, 0.5) is 0 Å². The van der Waals surface area contributed by atoms with Crippen LogP contribution >= 0.6 is 0 Å². The van der Waals surface area contributed by atoms with Crippen molar-refractivity contribution in [2.75, 3.05) is 0 Å². The lowest BCUT2D eigenvalue weighted by atomic mass is 10.1. The Morgan fingerprint density at radius 1 is 1.46 bits per heavy atom. The van der Waals surface area contributed by atoms with E-state index in [1.54, 1.807) is 0 Å². The van der Waals surface area contributed by atoms with Gasteiger partial charge in [0.2, 0.25) is 0 Å². The standard InChI is InChI=1S/C11H18OSi/c1-13(2,3)11-9-6-4-5-8(9)7-10(11)12/h8H,4-7H2,1-3H3/t8-/m0/s1/i7D/t7-,8-. The summed E-state index contributed by atoms with van der Waals surface area (Å²) in [4.78, 5) is 12.0. The molecule has 0 bridgehead atoms. The highest BCUT2D eigenvalue weighted by Gasteiger charge is 2.40. The summed E-state index contributed by atoms with van der Waals surface area (Å²) in [6, 6.07) is 0. The maximum absolute atomic E-state index is 12.0. The van der Waals surface area contributed by atoms with Crippen molar-refractivity contribution in [3.8, 4) is 0 Å². The van der Waals surface area contributed by atoms with E-state index in [1.807, 2.05) is 0 Å². The van der Waals surface area contributed by atoms with Gasteiger partial charge >= 0.3 is 0 Å². The fourth-order valence-corrected chi connectivity index (χ4v) is 4.74. The average molecular weight is 195 g/mol. The molecule has 2 rings (SSSR count). The van der Waals surface area contributed by atoms with Gasteiger partial charge in [-0.25, -0.2) is 0 Å². The van der Waals surface area contributed by atoms with Gasteiger partial charge in [-0.1, -0.05) is 25.2 Å². The maximum atomic E-state index is 12.0. The van der Waals surface area contributed by atoms with Crippen molar-refractivity contribution in [2.45, 2.75) is 45.3 Å². The molecule has 0 unspecified atom stereocenters. The van der Waals surface area contributed by atoms with Crippen LogP contribution in [0.3, 0.4) is 0 Å². The molecule has 2 atom stereocenters. The van der Waals surface area contributed by atoms with Gasteiger partial charge in [0.15, 0.2) is 5.78 Å². The molecule has 0 spiro atoms. The molecular weight excluding hydrogens is 176 g/mol. The molecule has 0 saturated heterocycles. The van der Waals surface area contributed by atoms with Gasteiger partial charge in [0.05, 0.1) is 8.07 Å². The molecule has 0 N–H and O–H groups in total. The van der Waals surface area contributed by atoms with Crippen molar-refractivity contribution < 1.29 is 6.17 Å². The SMILES string of the molecule is [2H][C@@H]1C(=O)C([Si](C)(C)C)=C2CCC[C@H]21. The van der Waals surface area contributed by atoms with E-state index < -0.39 is 14.5 Å². The monoisotopic (exact) mass is 195 g/mol. The molecule has 0 aromatic rings. The summed E-state index contributed by atoms with van der Waals surface area (Å²) in [5, 5.41) is 1.11. The lowest BCUT2D eigenvalue weighted by molar-refractivity contribution is -0.114. The molecule has 0 aromatic carbocycles. The largest absolute Gasteiger partial charge is 0.295 e. The van der Waals surface area contributed by atoms with Crippen molar-refractivity contribution >= 4 is 13.9 Å². The fraction of sp³-hybridized carbons (Fsp3) is 0.727. The summed E-state index contributed by atoms with van der Waals surface area (Å²) in [5.74, 6) is 0.452. The van der Waals surface area contributed by atoms with Gasteiger partial charge in [-0.2, -0.15) is 0 Å². The van der Waals surface area contributed by atoms with E-state index in [2.05, 4.69) is 19.6 Å². The van der Waals surface area contributed by atoms with Gasteiger partial charge in [-0.3, -0.25) is 4.79 Å². The highest BCUT2D eigenvalue weighted by molar-refractivity contribution is 6.87. The molecule has 13 heavy (non-hydrogen) atoms. The summed E-state index contributed by atoms with van der Waals surface area (Å²) in [6.45, 7) is 6.67. The topological polar surface area (TPSA) is 17.1 Å². The van der Waals surface area contributed by atoms with E-state index in [-0.39, 0.29) is 5.78 Å². The van der Waals surface area contributed by atoms with Gasteiger partial charge < -0.3 is 0 Å². The second-order valence-corrected chi connectivity index (χ2v) is 10.2. The normalized spacial score (nSPS) is 35.3. The van der Waals surface area contributed by atoms with E-state index in [4.69, 9.17) is 1.37 Å². The minimum atomic E-state index is -1.50. The Morgan fingerprint density at radius 2 is 2.15 bits per heavy atom. The van der Waals surface area contributed by atoms with Crippen LogP contribution < -0.4 is 0 Å². The first-order valence-electron chi connectivity index (χ1n) is 5.70. The third-order valence-electron chi connectivity index (χ3n) is 3.08. The van der Waals surface area contributed by atoms with Crippen LogP contribution in [0.5, 0.6) is 0 Å². The molecule has 72 valence electrons. The van der Waals surface area contributed by atoms with Crippen molar-refractivity contribution in [3.63, 3.8) is 0 Å². The van der Waals surface area contributed by atoms with Gasteiger partial charge in [0.25, 0.3) is 0 Å². The summed E-state index contributed by atoms with van der Waals surface area (Å²) in [6.07, 6.45) is 2.90. The van der Waals surface area contributed by atoms with E-state index in [0.29, 0.717) is 5.92 Å². The van der Waals surface area contributed by atoms with Crippen molar-refractivity contribution in [2.24, 2.45) is 5.92 Å². The molecular formula is C11H18OSi. The predicted molar refractivity (Wildman–Crippen MR) is 57.3 cm³/mol. The number of Topliss-reactive ketones (excluding diaryl/α,β-unsaturated/α-hetero) is 1. The average Bonchev–Trinajstić information content (AvgIpc) is 2.55. The van der Waals surface area contributed by atoms with E-state index in [0.717, 1.165) is 18.0 Å². The second kappa shape index (κ2) is 2.81. The first kappa shape index (κ1) is 7.98. The Morgan fingerprint density at radius 3 is 2.77 bits per heavy atom. The van der Waals surface area contributed by atoms with E-state index >= 15 is 0 Å². The number of allylic oxidation sites excluding steroid dienone is 2. The van der Waals surface area contributed by atoms with Crippen molar-refractivity contribution in [1.82, 2.24) is 0 Å². The van der Waals surface area contributed by atoms with Crippen LogP contribution in [0.15, 0.2) is 10.8 Å². The molecule has 2 aliphatic carbocycles. The summed E-state index contributed by atoms with van der Waals surface area (Å²) < 4.78 is 7.91. The third kappa shape index (κ3) is 1.41. The summed E-state index contributed by atoms with van der Waals surface area (Å²) in [7, 11) is -1.50. The number of carbonyl (C=O) groups excluding carboxylic acids is 1. The zero-order valence-electron chi connectivity index (χ0n) is 9.68. The Kier molecular flexibility index (Phi) is 1.72. The molecule has 1 fully saturated rings. The molecule has 0 aromatic heterocycles.